The Labute approximate surface area is 126 Å². The summed E-state index contributed by atoms with van der Waals surface area (Å²) < 4.78 is 5.34. The Balaban J connectivity index is 2.27. The minimum absolute atomic E-state index is 0.116. The van der Waals surface area contributed by atoms with Gasteiger partial charge < -0.3 is 15.2 Å². The molecule has 0 spiro atoms. The van der Waals surface area contributed by atoms with E-state index in [1.165, 1.54) is 12.1 Å². The fourth-order valence-corrected chi connectivity index (χ4v) is 1.92. The van der Waals surface area contributed by atoms with Gasteiger partial charge >= 0.3 is 5.97 Å². The first kappa shape index (κ1) is 15.1. The van der Waals surface area contributed by atoms with E-state index in [0.29, 0.717) is 24.1 Å². The number of carboxylic acids is 1. The number of hydrogen-bond acceptors (Lipinski definition) is 5. The Kier molecular flexibility index (Phi) is 4.59. The molecule has 2 N–H and O–H groups in total. The van der Waals surface area contributed by atoms with E-state index >= 15 is 0 Å². The number of hydrogen-bond donors (Lipinski definition) is 2. The molecule has 0 atom stereocenters. The maximum atomic E-state index is 10.9. The summed E-state index contributed by atoms with van der Waals surface area (Å²) in [6, 6.07) is 6.11. The number of halogens is 1. The molecule has 0 amide bonds. The molecule has 0 saturated heterocycles. The van der Waals surface area contributed by atoms with Crippen LogP contribution in [-0.4, -0.2) is 27.7 Å². The van der Waals surface area contributed by atoms with Crippen LogP contribution in [0.5, 0.6) is 5.88 Å². The van der Waals surface area contributed by atoms with Gasteiger partial charge in [-0.1, -0.05) is 11.6 Å². The fourth-order valence-electron chi connectivity index (χ4n) is 1.69. The molecule has 21 heavy (non-hydrogen) atoms. The van der Waals surface area contributed by atoms with E-state index < -0.39 is 5.97 Å². The number of nitrogens with zero attached hydrogens (tertiary/aromatic N) is 2. The first-order valence-electron chi connectivity index (χ1n) is 6.28. The van der Waals surface area contributed by atoms with Crippen molar-refractivity contribution in [3.8, 4) is 5.88 Å². The quantitative estimate of drug-likeness (QED) is 0.882. The molecule has 0 bridgehead atoms. The molecule has 0 saturated carbocycles. The molecule has 1 heterocycles. The predicted octanol–water partition coefficient (Wildman–Crippen LogP) is 3.28. The van der Waals surface area contributed by atoms with Crippen molar-refractivity contribution in [1.29, 1.82) is 0 Å². The van der Waals surface area contributed by atoms with E-state index in [9.17, 15) is 4.79 Å². The van der Waals surface area contributed by atoms with Gasteiger partial charge in [0.15, 0.2) is 0 Å². The van der Waals surface area contributed by atoms with Gasteiger partial charge in [0.25, 0.3) is 0 Å². The van der Waals surface area contributed by atoms with Crippen LogP contribution in [0.15, 0.2) is 24.3 Å². The maximum Gasteiger partial charge on any atom is 0.335 e. The normalized spacial score (nSPS) is 10.2. The third-order valence-corrected chi connectivity index (χ3v) is 2.90. The minimum atomic E-state index is -1.03. The number of aryl methyl sites for hydroxylation is 1. The fraction of sp³-hybridized carbons (Fsp3) is 0.214. The van der Waals surface area contributed by atoms with Crippen LogP contribution in [0.3, 0.4) is 0 Å². The number of ether oxygens (including phenoxy) is 1. The number of rotatable bonds is 5. The lowest BCUT2D eigenvalue weighted by Crippen LogP contribution is -2.03. The van der Waals surface area contributed by atoms with Crippen LogP contribution in [0.2, 0.25) is 5.02 Å². The van der Waals surface area contributed by atoms with Crippen molar-refractivity contribution in [2.24, 2.45) is 0 Å². The Bertz CT molecular complexity index is 677. The molecular formula is C14H14ClN3O3. The molecule has 2 aromatic rings. The van der Waals surface area contributed by atoms with Crippen molar-refractivity contribution in [3.05, 3.63) is 40.5 Å². The molecule has 6 nitrogen and oxygen atoms in total. The summed E-state index contributed by atoms with van der Waals surface area (Å²) in [4.78, 5) is 19.3. The molecule has 0 aliphatic carbocycles. The van der Waals surface area contributed by atoms with Gasteiger partial charge in [0, 0.05) is 11.8 Å². The molecular weight excluding hydrogens is 294 g/mol. The van der Waals surface area contributed by atoms with Gasteiger partial charge in [-0.25, -0.2) is 9.78 Å². The molecule has 0 aliphatic heterocycles. The highest BCUT2D eigenvalue weighted by atomic mass is 35.5. The predicted molar refractivity (Wildman–Crippen MR) is 79.6 cm³/mol. The van der Waals surface area contributed by atoms with E-state index in [-0.39, 0.29) is 10.6 Å². The van der Waals surface area contributed by atoms with Crippen LogP contribution in [0.25, 0.3) is 0 Å². The van der Waals surface area contributed by atoms with Crippen molar-refractivity contribution in [3.63, 3.8) is 0 Å². The lowest BCUT2D eigenvalue weighted by atomic mass is 10.2. The number of aromatic nitrogens is 2. The zero-order valence-electron chi connectivity index (χ0n) is 11.6. The van der Waals surface area contributed by atoms with Crippen molar-refractivity contribution in [2.45, 2.75) is 13.8 Å². The summed E-state index contributed by atoms with van der Waals surface area (Å²) in [7, 11) is 0. The number of nitrogens with one attached hydrogen (secondary N) is 1. The number of aromatic carboxylic acids is 1. The number of carboxylic acid groups (broad SMARTS) is 1. The van der Waals surface area contributed by atoms with Gasteiger partial charge in [0.1, 0.15) is 0 Å². The van der Waals surface area contributed by atoms with Gasteiger partial charge in [0.05, 0.1) is 22.9 Å². The van der Waals surface area contributed by atoms with Crippen LogP contribution in [0, 0.1) is 6.92 Å². The van der Waals surface area contributed by atoms with Gasteiger partial charge in [-0.15, -0.1) is 0 Å². The topological polar surface area (TPSA) is 84.3 Å². The molecule has 0 radical (unpaired) electrons. The smallest absolute Gasteiger partial charge is 0.335 e. The summed E-state index contributed by atoms with van der Waals surface area (Å²) in [5, 5.41) is 12.1. The largest absolute Gasteiger partial charge is 0.478 e. The average molecular weight is 308 g/mol. The third kappa shape index (κ3) is 3.82. The van der Waals surface area contributed by atoms with E-state index in [1.807, 2.05) is 13.8 Å². The summed E-state index contributed by atoms with van der Waals surface area (Å²) in [5.74, 6) is -0.233. The highest BCUT2D eigenvalue weighted by molar-refractivity contribution is 6.33. The van der Waals surface area contributed by atoms with Crippen LogP contribution in [0.1, 0.15) is 23.0 Å². The number of benzene rings is 1. The highest BCUT2D eigenvalue weighted by Gasteiger charge is 2.09. The second-order valence-electron chi connectivity index (χ2n) is 4.23. The van der Waals surface area contributed by atoms with Crippen LogP contribution in [-0.2, 0) is 0 Å². The van der Waals surface area contributed by atoms with Gasteiger partial charge in [-0.2, -0.15) is 4.98 Å². The number of anilines is 2. The van der Waals surface area contributed by atoms with Gasteiger partial charge in [0.2, 0.25) is 11.8 Å². The van der Waals surface area contributed by atoms with E-state index in [0.717, 1.165) is 5.69 Å². The summed E-state index contributed by atoms with van der Waals surface area (Å²) in [6.07, 6.45) is 0. The molecule has 110 valence electrons. The number of carbonyl (C=O) groups is 1. The lowest BCUT2D eigenvalue weighted by molar-refractivity contribution is 0.0697. The van der Waals surface area contributed by atoms with Crippen LogP contribution >= 0.6 is 11.6 Å². The maximum absolute atomic E-state index is 10.9. The van der Waals surface area contributed by atoms with Crippen molar-refractivity contribution < 1.29 is 14.6 Å². The molecule has 1 aromatic heterocycles. The van der Waals surface area contributed by atoms with Crippen molar-refractivity contribution >= 4 is 29.2 Å². The summed E-state index contributed by atoms with van der Waals surface area (Å²) in [5.41, 5.74) is 1.38. The molecule has 7 heteroatoms. The Morgan fingerprint density at radius 1 is 1.38 bits per heavy atom. The van der Waals surface area contributed by atoms with Gasteiger partial charge in [-0.3, -0.25) is 0 Å². The summed E-state index contributed by atoms with van der Waals surface area (Å²) >= 11 is 6.05. The Hall–Kier alpha value is -2.34. The summed E-state index contributed by atoms with van der Waals surface area (Å²) in [6.45, 7) is 4.19. The van der Waals surface area contributed by atoms with Crippen LogP contribution < -0.4 is 10.1 Å². The monoisotopic (exact) mass is 307 g/mol. The second kappa shape index (κ2) is 6.41. The Morgan fingerprint density at radius 2 is 2.14 bits per heavy atom. The highest BCUT2D eigenvalue weighted by Crippen LogP contribution is 2.26. The Morgan fingerprint density at radius 3 is 2.76 bits per heavy atom. The molecule has 1 aromatic carbocycles. The zero-order valence-corrected chi connectivity index (χ0v) is 12.3. The SMILES string of the molecule is CCOc1cc(C)nc(Nc2ccc(C(=O)O)cc2Cl)n1. The molecule has 0 unspecified atom stereocenters. The second-order valence-corrected chi connectivity index (χ2v) is 4.64. The van der Waals surface area contributed by atoms with Crippen molar-refractivity contribution in [2.75, 3.05) is 11.9 Å². The molecule has 0 fully saturated rings. The van der Waals surface area contributed by atoms with E-state index in [1.54, 1.807) is 12.1 Å². The van der Waals surface area contributed by atoms with Crippen molar-refractivity contribution in [1.82, 2.24) is 9.97 Å². The zero-order chi connectivity index (χ0) is 15.4. The third-order valence-electron chi connectivity index (χ3n) is 2.59. The van der Waals surface area contributed by atoms with E-state index in [2.05, 4.69) is 15.3 Å². The first-order chi connectivity index (χ1) is 9.99. The van der Waals surface area contributed by atoms with E-state index in [4.69, 9.17) is 21.4 Å². The van der Waals surface area contributed by atoms with Crippen LogP contribution in [0.4, 0.5) is 11.6 Å². The van der Waals surface area contributed by atoms with Gasteiger partial charge in [-0.05, 0) is 32.0 Å². The first-order valence-corrected chi connectivity index (χ1v) is 6.65. The molecule has 2 rings (SSSR count). The lowest BCUT2D eigenvalue weighted by Gasteiger charge is -2.10. The minimum Gasteiger partial charge on any atom is -0.478 e. The molecule has 0 aliphatic rings. The standard InChI is InChI=1S/C14H14ClN3O3/c1-3-21-12-6-8(2)16-14(18-12)17-11-5-4-9(13(19)20)7-10(11)15/h4-7H,3H2,1-2H3,(H,19,20)(H,16,17,18). The average Bonchev–Trinajstić information content (AvgIpc) is 2.40.